The number of benzene rings is 1. The number of hydrogen-bond acceptors (Lipinski definition) is 4. The summed E-state index contributed by atoms with van der Waals surface area (Å²) < 4.78 is 3.27. The first-order valence-corrected chi connectivity index (χ1v) is 8.44. The highest BCUT2D eigenvalue weighted by Crippen LogP contribution is 2.18. The lowest BCUT2D eigenvalue weighted by atomic mass is 10.3. The van der Waals surface area contributed by atoms with Gasteiger partial charge in [0.25, 0.3) is 11.5 Å². The molecule has 3 aromatic rings. The monoisotopic (exact) mass is 342 g/mol. The van der Waals surface area contributed by atoms with Gasteiger partial charge in [0.1, 0.15) is 10.6 Å². The summed E-state index contributed by atoms with van der Waals surface area (Å²) in [7, 11) is 1.79. The molecule has 0 aliphatic rings. The number of aryl methyl sites for hydroxylation is 1. The molecule has 3 rings (SSSR count). The summed E-state index contributed by atoms with van der Waals surface area (Å²) in [5.41, 5.74) is 1.48. The molecule has 1 amide bonds. The van der Waals surface area contributed by atoms with Crippen LogP contribution in [0.15, 0.2) is 41.3 Å². The van der Waals surface area contributed by atoms with Crippen molar-refractivity contribution in [3.8, 4) is 5.69 Å². The average molecular weight is 342 g/mol. The average Bonchev–Trinajstić information content (AvgIpc) is 3.15. The summed E-state index contributed by atoms with van der Waals surface area (Å²) in [6, 6.07) is 9.33. The highest BCUT2D eigenvalue weighted by Gasteiger charge is 2.19. The zero-order valence-electron chi connectivity index (χ0n) is 13.7. The fraction of sp³-hybridized carbons (Fsp3) is 0.235. The number of rotatable bonds is 4. The third-order valence-corrected chi connectivity index (χ3v) is 5.01. The molecule has 0 aliphatic carbocycles. The number of nitrogens with zero attached hydrogens (tertiary/aromatic N) is 3. The van der Waals surface area contributed by atoms with E-state index in [1.165, 1.54) is 16.0 Å². The molecule has 0 bridgehead atoms. The zero-order chi connectivity index (χ0) is 17.3. The minimum Gasteiger partial charge on any atom is -0.315 e. The maximum Gasteiger partial charge on any atom is 0.295 e. The van der Waals surface area contributed by atoms with Gasteiger partial charge >= 0.3 is 0 Å². The number of hydrogen-bond donors (Lipinski definition) is 1. The molecule has 0 radical (unpaired) electrons. The molecule has 0 aliphatic heterocycles. The second-order valence-electron chi connectivity index (χ2n) is 5.36. The van der Waals surface area contributed by atoms with Crippen LogP contribution in [0.4, 0.5) is 5.69 Å². The van der Waals surface area contributed by atoms with Crippen molar-refractivity contribution in [2.75, 3.05) is 5.32 Å². The summed E-state index contributed by atoms with van der Waals surface area (Å²) in [5, 5.41) is 3.64. The SMILES string of the molecule is CCc1ncc(C(=O)Nc2c(C)n(C)n(-c3ccccc3)c2=O)s1. The van der Waals surface area contributed by atoms with E-state index in [2.05, 4.69) is 10.3 Å². The van der Waals surface area contributed by atoms with Crippen LogP contribution in [0.3, 0.4) is 0 Å². The van der Waals surface area contributed by atoms with Gasteiger partial charge in [0.05, 0.1) is 22.6 Å². The first kappa shape index (κ1) is 16.2. The third kappa shape index (κ3) is 2.78. The van der Waals surface area contributed by atoms with Crippen LogP contribution in [0.2, 0.25) is 0 Å². The van der Waals surface area contributed by atoms with E-state index in [-0.39, 0.29) is 17.2 Å². The van der Waals surface area contributed by atoms with E-state index in [4.69, 9.17) is 0 Å². The molecular weight excluding hydrogens is 324 g/mol. The predicted molar refractivity (Wildman–Crippen MR) is 95.2 cm³/mol. The number of para-hydroxylation sites is 1. The van der Waals surface area contributed by atoms with Gasteiger partial charge in [-0.05, 0) is 25.5 Å². The van der Waals surface area contributed by atoms with Crippen LogP contribution in [0, 0.1) is 6.92 Å². The molecule has 0 fully saturated rings. The molecule has 0 saturated carbocycles. The van der Waals surface area contributed by atoms with Gasteiger partial charge < -0.3 is 5.32 Å². The maximum atomic E-state index is 12.8. The molecule has 1 N–H and O–H groups in total. The highest BCUT2D eigenvalue weighted by molar-refractivity contribution is 7.13. The van der Waals surface area contributed by atoms with Crippen LogP contribution in [0.5, 0.6) is 0 Å². The lowest BCUT2D eigenvalue weighted by Crippen LogP contribution is -2.22. The molecule has 2 heterocycles. The summed E-state index contributed by atoms with van der Waals surface area (Å²) in [6.45, 7) is 3.79. The van der Waals surface area contributed by atoms with E-state index in [0.717, 1.165) is 17.1 Å². The molecular formula is C17H18N4O2S. The van der Waals surface area contributed by atoms with Gasteiger partial charge in [-0.15, -0.1) is 11.3 Å². The van der Waals surface area contributed by atoms with Gasteiger partial charge in [-0.1, -0.05) is 25.1 Å². The normalized spacial score (nSPS) is 10.8. The van der Waals surface area contributed by atoms with Crippen LogP contribution in [0.25, 0.3) is 5.69 Å². The van der Waals surface area contributed by atoms with E-state index < -0.39 is 0 Å². The van der Waals surface area contributed by atoms with Crippen molar-refractivity contribution in [3.63, 3.8) is 0 Å². The Bertz CT molecular complexity index is 937. The van der Waals surface area contributed by atoms with Crippen molar-refractivity contribution < 1.29 is 4.79 Å². The van der Waals surface area contributed by atoms with Gasteiger partial charge in [0.2, 0.25) is 0 Å². The fourth-order valence-electron chi connectivity index (χ4n) is 2.47. The number of carbonyl (C=O) groups excluding carboxylic acids is 1. The van der Waals surface area contributed by atoms with E-state index in [0.29, 0.717) is 10.6 Å². The molecule has 24 heavy (non-hydrogen) atoms. The minimum absolute atomic E-state index is 0.255. The van der Waals surface area contributed by atoms with Crippen LogP contribution in [-0.2, 0) is 13.5 Å². The van der Waals surface area contributed by atoms with Crippen molar-refractivity contribution >= 4 is 22.9 Å². The minimum atomic E-state index is -0.307. The van der Waals surface area contributed by atoms with Crippen molar-refractivity contribution in [1.82, 2.24) is 14.3 Å². The Morgan fingerprint density at radius 1 is 1.29 bits per heavy atom. The van der Waals surface area contributed by atoms with Gasteiger partial charge in [-0.3, -0.25) is 14.3 Å². The Hall–Kier alpha value is -2.67. The molecule has 0 saturated heterocycles. The zero-order valence-corrected chi connectivity index (χ0v) is 14.6. The molecule has 0 atom stereocenters. The van der Waals surface area contributed by atoms with Crippen LogP contribution >= 0.6 is 11.3 Å². The first-order valence-electron chi connectivity index (χ1n) is 7.63. The maximum absolute atomic E-state index is 12.8. The van der Waals surface area contributed by atoms with Crippen LogP contribution < -0.4 is 10.9 Å². The smallest absolute Gasteiger partial charge is 0.295 e. The van der Waals surface area contributed by atoms with E-state index in [1.54, 1.807) is 24.9 Å². The van der Waals surface area contributed by atoms with Crippen molar-refractivity contribution in [1.29, 1.82) is 0 Å². The van der Waals surface area contributed by atoms with Gasteiger partial charge in [0, 0.05) is 7.05 Å². The van der Waals surface area contributed by atoms with Gasteiger partial charge in [-0.2, -0.15) is 0 Å². The number of aromatic nitrogens is 3. The Morgan fingerprint density at radius 2 is 2.00 bits per heavy atom. The number of anilines is 1. The van der Waals surface area contributed by atoms with Gasteiger partial charge in [-0.25, -0.2) is 9.67 Å². The summed E-state index contributed by atoms with van der Waals surface area (Å²) in [5.74, 6) is -0.307. The molecule has 6 nitrogen and oxygen atoms in total. The molecule has 7 heteroatoms. The lowest BCUT2D eigenvalue weighted by Gasteiger charge is -2.07. The van der Waals surface area contributed by atoms with E-state index in [1.807, 2.05) is 37.3 Å². The summed E-state index contributed by atoms with van der Waals surface area (Å²) >= 11 is 1.34. The van der Waals surface area contributed by atoms with Crippen LogP contribution in [0.1, 0.15) is 27.3 Å². The van der Waals surface area contributed by atoms with Crippen molar-refractivity contribution in [3.05, 3.63) is 62.5 Å². The van der Waals surface area contributed by atoms with Crippen molar-refractivity contribution in [2.24, 2.45) is 7.05 Å². The Labute approximate surface area is 143 Å². The largest absolute Gasteiger partial charge is 0.315 e. The Kier molecular flexibility index (Phi) is 4.35. The Balaban J connectivity index is 1.97. The number of thiazole rings is 1. The van der Waals surface area contributed by atoms with E-state index in [9.17, 15) is 9.59 Å². The number of nitrogens with one attached hydrogen (secondary N) is 1. The Morgan fingerprint density at radius 3 is 2.62 bits per heavy atom. The first-order chi connectivity index (χ1) is 11.5. The van der Waals surface area contributed by atoms with E-state index >= 15 is 0 Å². The molecule has 1 aromatic carbocycles. The van der Waals surface area contributed by atoms with Crippen LogP contribution in [-0.4, -0.2) is 20.3 Å². The summed E-state index contributed by atoms with van der Waals surface area (Å²) in [6.07, 6.45) is 2.33. The quantitative estimate of drug-likeness (QED) is 0.793. The number of amides is 1. The lowest BCUT2D eigenvalue weighted by molar-refractivity contribution is 0.103. The standard InChI is InChI=1S/C17H18N4O2S/c1-4-14-18-10-13(24-14)16(22)19-15-11(2)20(3)21(17(15)23)12-8-6-5-7-9-12/h5-10H,4H2,1-3H3,(H,19,22). The molecule has 124 valence electrons. The molecule has 0 spiro atoms. The third-order valence-electron chi connectivity index (χ3n) is 3.87. The fourth-order valence-corrected chi connectivity index (χ4v) is 3.22. The highest BCUT2D eigenvalue weighted by atomic mass is 32.1. The van der Waals surface area contributed by atoms with Crippen molar-refractivity contribution in [2.45, 2.75) is 20.3 Å². The topological polar surface area (TPSA) is 68.9 Å². The summed E-state index contributed by atoms with van der Waals surface area (Å²) in [4.78, 5) is 29.8. The predicted octanol–water partition coefficient (Wildman–Crippen LogP) is 2.76. The second kappa shape index (κ2) is 6.45. The molecule has 2 aromatic heterocycles. The molecule has 0 unspecified atom stereocenters. The van der Waals surface area contributed by atoms with Gasteiger partial charge in [0.15, 0.2) is 0 Å². The second-order valence-corrected chi connectivity index (χ2v) is 6.48. The number of carbonyl (C=O) groups is 1.